The van der Waals surface area contributed by atoms with Gasteiger partial charge in [-0.2, -0.15) is 0 Å². The molecule has 2 N–H and O–H groups in total. The summed E-state index contributed by atoms with van der Waals surface area (Å²) >= 11 is 2.02. The minimum Gasteiger partial charge on any atom is -0.507 e. The molecule has 1 aromatic rings. The second kappa shape index (κ2) is 5.22. The van der Waals surface area contributed by atoms with Crippen molar-refractivity contribution in [2.75, 3.05) is 6.61 Å². The predicted octanol–water partition coefficient (Wildman–Crippen LogP) is 1.90. The third-order valence-corrected chi connectivity index (χ3v) is 3.81. The average Bonchev–Trinajstić information content (AvgIpc) is 2.68. The van der Waals surface area contributed by atoms with Crippen molar-refractivity contribution in [3.63, 3.8) is 0 Å². The van der Waals surface area contributed by atoms with E-state index in [-0.39, 0.29) is 23.8 Å². The Balaban J connectivity index is 2.06. The number of hydrogen-bond acceptors (Lipinski definition) is 3. The molecule has 2 atom stereocenters. The Hall–Kier alpha value is -0.820. The summed E-state index contributed by atoms with van der Waals surface area (Å²) in [5, 5.41) is 12.5. The maximum atomic E-state index is 11.9. The van der Waals surface area contributed by atoms with Crippen LogP contribution in [0.2, 0.25) is 0 Å². The van der Waals surface area contributed by atoms with Gasteiger partial charge in [0, 0.05) is 12.2 Å². The highest BCUT2D eigenvalue weighted by Gasteiger charge is 2.26. The van der Waals surface area contributed by atoms with Gasteiger partial charge in [-0.1, -0.05) is 0 Å². The fourth-order valence-electron chi connectivity index (χ4n) is 1.83. The lowest BCUT2D eigenvalue weighted by Crippen LogP contribution is -2.39. The highest BCUT2D eigenvalue weighted by molar-refractivity contribution is 14.1. The summed E-state index contributed by atoms with van der Waals surface area (Å²) in [5.74, 6) is -0.0342. The molecule has 0 bridgehead atoms. The Morgan fingerprint density at radius 3 is 2.94 bits per heavy atom. The summed E-state index contributed by atoms with van der Waals surface area (Å²) in [5.41, 5.74) is 0.474. The zero-order chi connectivity index (χ0) is 12.4. The van der Waals surface area contributed by atoms with E-state index in [9.17, 15) is 9.90 Å². The van der Waals surface area contributed by atoms with Crippen molar-refractivity contribution >= 4 is 28.5 Å². The Bertz CT molecular complexity index is 436. The molecule has 1 fully saturated rings. The van der Waals surface area contributed by atoms with Gasteiger partial charge in [0.05, 0.1) is 15.7 Å². The third kappa shape index (κ3) is 2.90. The number of amides is 1. The second-order valence-electron chi connectivity index (χ2n) is 4.11. The van der Waals surface area contributed by atoms with Gasteiger partial charge >= 0.3 is 0 Å². The molecule has 2 rings (SSSR count). The predicted molar refractivity (Wildman–Crippen MR) is 72.1 cm³/mol. The molecule has 0 aromatic heterocycles. The first kappa shape index (κ1) is 12.6. The van der Waals surface area contributed by atoms with Gasteiger partial charge < -0.3 is 15.2 Å². The van der Waals surface area contributed by atoms with Crippen LogP contribution in [0, 0.1) is 3.57 Å². The highest BCUT2D eigenvalue weighted by atomic mass is 127. The molecule has 0 aliphatic carbocycles. The average molecular weight is 347 g/mol. The first-order valence-electron chi connectivity index (χ1n) is 5.49. The first-order chi connectivity index (χ1) is 8.08. The summed E-state index contributed by atoms with van der Waals surface area (Å²) in [6.45, 7) is 2.63. The van der Waals surface area contributed by atoms with Crippen molar-refractivity contribution in [3.8, 4) is 5.75 Å². The maximum absolute atomic E-state index is 11.9. The number of ether oxygens (including phenoxy) is 1. The molecule has 0 radical (unpaired) electrons. The van der Waals surface area contributed by atoms with E-state index in [0.29, 0.717) is 12.2 Å². The minimum absolute atomic E-state index is 0.0522. The summed E-state index contributed by atoms with van der Waals surface area (Å²) in [4.78, 5) is 11.9. The molecule has 5 heteroatoms. The van der Waals surface area contributed by atoms with E-state index in [1.165, 1.54) is 6.07 Å². The van der Waals surface area contributed by atoms with Gasteiger partial charge in [-0.15, -0.1) is 0 Å². The van der Waals surface area contributed by atoms with E-state index >= 15 is 0 Å². The molecule has 1 aromatic carbocycles. The molecular formula is C12H14INO3. The SMILES string of the molecule is CC1OCCC1NC(=O)c1ccc(I)c(O)c1. The van der Waals surface area contributed by atoms with Crippen molar-refractivity contribution in [2.45, 2.75) is 25.5 Å². The maximum Gasteiger partial charge on any atom is 0.251 e. The molecule has 0 saturated carbocycles. The van der Waals surface area contributed by atoms with E-state index in [4.69, 9.17) is 4.74 Å². The zero-order valence-corrected chi connectivity index (χ0v) is 11.6. The van der Waals surface area contributed by atoms with Crippen LogP contribution in [0.1, 0.15) is 23.7 Å². The van der Waals surface area contributed by atoms with E-state index < -0.39 is 0 Å². The fourth-order valence-corrected chi connectivity index (χ4v) is 2.16. The van der Waals surface area contributed by atoms with Crippen LogP contribution < -0.4 is 5.32 Å². The van der Waals surface area contributed by atoms with E-state index in [1.54, 1.807) is 12.1 Å². The summed E-state index contributed by atoms with van der Waals surface area (Å²) in [7, 11) is 0. The number of aromatic hydroxyl groups is 1. The van der Waals surface area contributed by atoms with Crippen LogP contribution in [0.25, 0.3) is 0 Å². The van der Waals surface area contributed by atoms with Crippen molar-refractivity contribution in [3.05, 3.63) is 27.3 Å². The highest BCUT2D eigenvalue weighted by Crippen LogP contribution is 2.21. The number of phenolic OH excluding ortho intramolecular Hbond substituents is 1. The normalized spacial score (nSPS) is 23.6. The summed E-state index contributed by atoms with van der Waals surface area (Å²) < 4.78 is 6.11. The Morgan fingerprint density at radius 1 is 1.59 bits per heavy atom. The smallest absolute Gasteiger partial charge is 0.251 e. The van der Waals surface area contributed by atoms with Gasteiger partial charge in [0.2, 0.25) is 0 Å². The minimum atomic E-state index is -0.168. The largest absolute Gasteiger partial charge is 0.507 e. The standard InChI is InChI=1S/C12H14INO3/c1-7-10(4-5-17-7)14-12(16)8-2-3-9(13)11(15)6-8/h2-3,6-7,10,15H,4-5H2,1H3,(H,14,16). The molecule has 1 amide bonds. The number of nitrogens with one attached hydrogen (secondary N) is 1. The molecule has 1 aliphatic heterocycles. The number of halogens is 1. The van der Waals surface area contributed by atoms with Crippen molar-refractivity contribution < 1.29 is 14.6 Å². The van der Waals surface area contributed by atoms with Crippen LogP contribution in [0.5, 0.6) is 5.75 Å². The lowest BCUT2D eigenvalue weighted by Gasteiger charge is -2.16. The zero-order valence-electron chi connectivity index (χ0n) is 9.44. The number of benzene rings is 1. The first-order valence-corrected chi connectivity index (χ1v) is 6.57. The Kier molecular flexibility index (Phi) is 3.88. The number of carbonyl (C=O) groups is 1. The molecule has 1 saturated heterocycles. The molecule has 1 aliphatic rings. The molecule has 1 heterocycles. The van der Waals surface area contributed by atoms with Crippen LogP contribution in [0.4, 0.5) is 0 Å². The van der Waals surface area contributed by atoms with Crippen molar-refractivity contribution in [1.29, 1.82) is 0 Å². The lowest BCUT2D eigenvalue weighted by atomic mass is 10.1. The second-order valence-corrected chi connectivity index (χ2v) is 5.27. The number of carbonyl (C=O) groups excluding carboxylic acids is 1. The molecule has 4 nitrogen and oxygen atoms in total. The van der Waals surface area contributed by atoms with Crippen molar-refractivity contribution in [1.82, 2.24) is 5.32 Å². The summed E-state index contributed by atoms with van der Waals surface area (Å²) in [6, 6.07) is 4.97. The van der Waals surface area contributed by atoms with Crippen molar-refractivity contribution in [2.24, 2.45) is 0 Å². The van der Waals surface area contributed by atoms with Gasteiger partial charge in [-0.05, 0) is 54.1 Å². The molecular weight excluding hydrogens is 333 g/mol. The van der Waals surface area contributed by atoms with Crippen LogP contribution in [0.3, 0.4) is 0 Å². The Morgan fingerprint density at radius 2 is 2.35 bits per heavy atom. The van der Waals surface area contributed by atoms with Gasteiger partial charge in [0.25, 0.3) is 5.91 Å². The van der Waals surface area contributed by atoms with Gasteiger partial charge in [-0.25, -0.2) is 0 Å². The van der Waals surface area contributed by atoms with E-state index in [1.807, 2.05) is 29.5 Å². The number of rotatable bonds is 2. The number of phenols is 1. The van der Waals surface area contributed by atoms with E-state index in [2.05, 4.69) is 5.32 Å². The summed E-state index contributed by atoms with van der Waals surface area (Å²) in [6.07, 6.45) is 0.889. The van der Waals surface area contributed by atoms with Crippen LogP contribution in [0.15, 0.2) is 18.2 Å². The molecule has 2 unspecified atom stereocenters. The topological polar surface area (TPSA) is 58.6 Å². The third-order valence-electron chi connectivity index (χ3n) is 2.90. The Labute approximate surface area is 113 Å². The van der Waals surface area contributed by atoms with Gasteiger partial charge in [0.1, 0.15) is 5.75 Å². The van der Waals surface area contributed by atoms with Gasteiger partial charge in [-0.3, -0.25) is 4.79 Å². The van der Waals surface area contributed by atoms with Crippen LogP contribution in [-0.4, -0.2) is 29.8 Å². The van der Waals surface area contributed by atoms with Gasteiger partial charge in [0.15, 0.2) is 0 Å². The number of hydrogen-bond donors (Lipinski definition) is 2. The fraction of sp³-hybridized carbons (Fsp3) is 0.417. The molecule has 92 valence electrons. The quantitative estimate of drug-likeness (QED) is 0.804. The monoisotopic (exact) mass is 347 g/mol. The molecule has 0 spiro atoms. The van der Waals surface area contributed by atoms with Crippen LogP contribution >= 0.6 is 22.6 Å². The van der Waals surface area contributed by atoms with Crippen LogP contribution in [-0.2, 0) is 4.74 Å². The van der Waals surface area contributed by atoms with E-state index in [0.717, 1.165) is 9.99 Å². The lowest BCUT2D eigenvalue weighted by molar-refractivity contribution is 0.0866. The molecule has 17 heavy (non-hydrogen) atoms.